The van der Waals surface area contributed by atoms with E-state index in [1.165, 1.54) is 0 Å². The van der Waals surface area contributed by atoms with Crippen molar-refractivity contribution in [3.63, 3.8) is 0 Å². The summed E-state index contributed by atoms with van der Waals surface area (Å²) in [5.74, 6) is 0. The summed E-state index contributed by atoms with van der Waals surface area (Å²) in [6.45, 7) is 5.65. The van der Waals surface area contributed by atoms with Crippen LogP contribution in [0.5, 0.6) is 0 Å². The summed E-state index contributed by atoms with van der Waals surface area (Å²) in [6, 6.07) is 0. The quantitative estimate of drug-likeness (QED) is 0.550. The van der Waals surface area contributed by atoms with E-state index in [9.17, 15) is 4.79 Å². The van der Waals surface area contributed by atoms with Gasteiger partial charge in [0.05, 0.1) is 0 Å². The van der Waals surface area contributed by atoms with Crippen molar-refractivity contribution >= 4 is 6.16 Å². The number of hydrogen-bond acceptors (Lipinski definition) is 3. The van der Waals surface area contributed by atoms with E-state index >= 15 is 0 Å². The van der Waals surface area contributed by atoms with Gasteiger partial charge in [-0.05, 0) is 13.3 Å². The zero-order chi connectivity index (χ0) is 7.56. The number of rotatable bonds is 2. The molecule has 1 radical (unpaired) electrons. The SMILES string of the molecule is [CH2]C1OC(=O)OC1CCC. The Morgan fingerprint density at radius 2 is 2.30 bits per heavy atom. The summed E-state index contributed by atoms with van der Waals surface area (Å²) in [4.78, 5) is 10.5. The lowest BCUT2D eigenvalue weighted by Gasteiger charge is -2.07. The van der Waals surface area contributed by atoms with Gasteiger partial charge in [-0.3, -0.25) is 0 Å². The topological polar surface area (TPSA) is 35.5 Å². The first-order valence-corrected chi connectivity index (χ1v) is 3.44. The number of carbonyl (C=O) groups is 1. The van der Waals surface area contributed by atoms with Gasteiger partial charge in [-0.1, -0.05) is 13.3 Å². The van der Waals surface area contributed by atoms with Gasteiger partial charge in [0.2, 0.25) is 0 Å². The van der Waals surface area contributed by atoms with Crippen molar-refractivity contribution in [1.29, 1.82) is 0 Å². The lowest BCUT2D eigenvalue weighted by molar-refractivity contribution is 0.115. The van der Waals surface area contributed by atoms with Gasteiger partial charge in [-0.2, -0.15) is 0 Å². The van der Waals surface area contributed by atoms with Crippen LogP contribution in [0.15, 0.2) is 0 Å². The zero-order valence-electron chi connectivity index (χ0n) is 6.00. The highest BCUT2D eigenvalue weighted by molar-refractivity contribution is 5.62. The fraction of sp³-hybridized carbons (Fsp3) is 0.714. The van der Waals surface area contributed by atoms with Crippen LogP contribution in [0.1, 0.15) is 19.8 Å². The minimum Gasteiger partial charge on any atom is -0.427 e. The molecule has 0 saturated carbocycles. The number of hydrogen-bond donors (Lipinski definition) is 0. The second-order valence-electron chi connectivity index (χ2n) is 2.35. The van der Waals surface area contributed by atoms with E-state index in [1.807, 2.05) is 6.92 Å². The van der Waals surface area contributed by atoms with Crippen molar-refractivity contribution in [2.75, 3.05) is 0 Å². The summed E-state index contributed by atoms with van der Waals surface area (Å²) in [5, 5.41) is 0. The molecule has 0 N–H and O–H groups in total. The first-order chi connectivity index (χ1) is 4.74. The highest BCUT2D eigenvalue weighted by atomic mass is 16.8. The van der Waals surface area contributed by atoms with Crippen molar-refractivity contribution in [3.05, 3.63) is 6.92 Å². The van der Waals surface area contributed by atoms with Crippen LogP contribution in [0.25, 0.3) is 0 Å². The van der Waals surface area contributed by atoms with Gasteiger partial charge < -0.3 is 9.47 Å². The molecule has 1 fully saturated rings. The molecular formula is C7H11O3. The minimum absolute atomic E-state index is 0.127. The molecule has 1 saturated heterocycles. The third-order valence-electron chi connectivity index (χ3n) is 1.48. The summed E-state index contributed by atoms with van der Waals surface area (Å²) < 4.78 is 9.44. The van der Waals surface area contributed by atoms with Crippen molar-refractivity contribution in [3.8, 4) is 0 Å². The Kier molecular flexibility index (Phi) is 2.14. The zero-order valence-corrected chi connectivity index (χ0v) is 6.00. The molecule has 2 unspecified atom stereocenters. The monoisotopic (exact) mass is 143 g/mol. The summed E-state index contributed by atoms with van der Waals surface area (Å²) in [5.41, 5.74) is 0. The average Bonchev–Trinajstić information content (AvgIpc) is 2.13. The van der Waals surface area contributed by atoms with Crippen LogP contribution >= 0.6 is 0 Å². The van der Waals surface area contributed by atoms with E-state index in [0.717, 1.165) is 12.8 Å². The second kappa shape index (κ2) is 2.90. The van der Waals surface area contributed by atoms with Gasteiger partial charge in [0.15, 0.2) is 0 Å². The molecule has 0 bridgehead atoms. The molecule has 0 amide bonds. The maximum absolute atomic E-state index is 10.5. The van der Waals surface area contributed by atoms with Crippen LogP contribution in [0.4, 0.5) is 4.79 Å². The Bertz CT molecular complexity index is 133. The van der Waals surface area contributed by atoms with Crippen molar-refractivity contribution < 1.29 is 14.3 Å². The van der Waals surface area contributed by atoms with Crippen LogP contribution in [-0.4, -0.2) is 18.4 Å². The van der Waals surface area contributed by atoms with Gasteiger partial charge in [-0.25, -0.2) is 4.79 Å². The Hall–Kier alpha value is -0.730. The van der Waals surface area contributed by atoms with E-state index in [2.05, 4.69) is 11.7 Å². The first kappa shape index (κ1) is 7.38. The molecular weight excluding hydrogens is 132 g/mol. The largest absolute Gasteiger partial charge is 0.509 e. The standard InChI is InChI=1S/C7H11O3/c1-3-4-6-5(2)9-7(8)10-6/h5-6H,2-4H2,1H3. The normalized spacial score (nSPS) is 31.6. The van der Waals surface area contributed by atoms with Crippen molar-refractivity contribution in [2.24, 2.45) is 0 Å². The molecule has 0 aliphatic carbocycles. The van der Waals surface area contributed by atoms with Gasteiger partial charge >= 0.3 is 6.16 Å². The van der Waals surface area contributed by atoms with E-state index in [0.29, 0.717) is 0 Å². The molecule has 3 heteroatoms. The van der Waals surface area contributed by atoms with E-state index in [1.54, 1.807) is 0 Å². The Balaban J connectivity index is 2.38. The third kappa shape index (κ3) is 1.40. The Morgan fingerprint density at radius 1 is 1.60 bits per heavy atom. The molecule has 1 heterocycles. The Labute approximate surface area is 60.3 Å². The fourth-order valence-corrected chi connectivity index (χ4v) is 0.956. The highest BCUT2D eigenvalue weighted by Gasteiger charge is 2.31. The van der Waals surface area contributed by atoms with Gasteiger partial charge in [0, 0.05) is 0 Å². The average molecular weight is 143 g/mol. The van der Waals surface area contributed by atoms with Crippen molar-refractivity contribution in [1.82, 2.24) is 0 Å². The summed E-state index contributed by atoms with van der Waals surface area (Å²) >= 11 is 0. The number of carbonyl (C=O) groups excluding carboxylic acids is 1. The molecule has 1 aliphatic heterocycles. The summed E-state index contributed by atoms with van der Waals surface area (Å²) in [6.07, 6.45) is 0.788. The molecule has 1 rings (SSSR count). The van der Waals surface area contributed by atoms with Crippen LogP contribution in [0, 0.1) is 6.92 Å². The molecule has 0 spiro atoms. The molecule has 0 aromatic rings. The molecule has 2 atom stereocenters. The summed E-state index contributed by atoms with van der Waals surface area (Å²) in [7, 11) is 0. The smallest absolute Gasteiger partial charge is 0.427 e. The number of cyclic esters (lactones) is 2. The third-order valence-corrected chi connectivity index (χ3v) is 1.48. The van der Waals surface area contributed by atoms with Gasteiger partial charge in [-0.15, -0.1) is 0 Å². The predicted molar refractivity (Wildman–Crippen MR) is 35.4 cm³/mol. The van der Waals surface area contributed by atoms with Crippen LogP contribution in [0.3, 0.4) is 0 Å². The predicted octanol–water partition coefficient (Wildman–Crippen LogP) is 1.52. The van der Waals surface area contributed by atoms with Crippen LogP contribution < -0.4 is 0 Å². The molecule has 10 heavy (non-hydrogen) atoms. The molecule has 3 nitrogen and oxygen atoms in total. The number of ether oxygens (including phenoxy) is 2. The first-order valence-electron chi connectivity index (χ1n) is 3.44. The van der Waals surface area contributed by atoms with Crippen LogP contribution in [-0.2, 0) is 9.47 Å². The molecule has 0 aromatic carbocycles. The maximum atomic E-state index is 10.5. The lowest BCUT2D eigenvalue weighted by Crippen LogP contribution is -2.18. The second-order valence-corrected chi connectivity index (χ2v) is 2.35. The van der Waals surface area contributed by atoms with E-state index in [-0.39, 0.29) is 12.2 Å². The minimum atomic E-state index is -0.585. The van der Waals surface area contributed by atoms with Gasteiger partial charge in [0.25, 0.3) is 0 Å². The molecule has 0 aromatic heterocycles. The van der Waals surface area contributed by atoms with Gasteiger partial charge in [0.1, 0.15) is 12.2 Å². The molecule has 1 aliphatic rings. The molecule has 57 valence electrons. The lowest BCUT2D eigenvalue weighted by atomic mass is 10.1. The fourth-order valence-electron chi connectivity index (χ4n) is 0.956. The highest BCUT2D eigenvalue weighted by Crippen LogP contribution is 2.18. The van der Waals surface area contributed by atoms with Crippen molar-refractivity contribution in [2.45, 2.75) is 32.0 Å². The van der Waals surface area contributed by atoms with E-state index in [4.69, 9.17) is 4.74 Å². The van der Waals surface area contributed by atoms with E-state index < -0.39 is 6.16 Å². The van der Waals surface area contributed by atoms with Crippen LogP contribution in [0.2, 0.25) is 0 Å². The maximum Gasteiger partial charge on any atom is 0.509 e. The Morgan fingerprint density at radius 3 is 2.70 bits per heavy atom.